The van der Waals surface area contributed by atoms with E-state index in [1.54, 1.807) is 30.3 Å². The summed E-state index contributed by atoms with van der Waals surface area (Å²) in [5.74, 6) is 0. The highest BCUT2D eigenvalue weighted by Gasteiger charge is 2.17. The molecule has 0 aliphatic carbocycles. The van der Waals surface area contributed by atoms with Gasteiger partial charge >= 0.3 is 0 Å². The predicted molar refractivity (Wildman–Crippen MR) is 76.8 cm³/mol. The molecule has 0 amide bonds. The first kappa shape index (κ1) is 14.5. The van der Waals surface area contributed by atoms with E-state index in [2.05, 4.69) is 4.72 Å². The van der Waals surface area contributed by atoms with Crippen LogP contribution in [0.2, 0.25) is 0 Å². The van der Waals surface area contributed by atoms with E-state index < -0.39 is 19.9 Å². The van der Waals surface area contributed by atoms with Gasteiger partial charge in [-0.25, -0.2) is 16.8 Å². The maximum absolute atomic E-state index is 12.2. The van der Waals surface area contributed by atoms with Crippen molar-refractivity contribution in [1.82, 2.24) is 0 Å². The smallest absolute Gasteiger partial charge is 0.261 e. The summed E-state index contributed by atoms with van der Waals surface area (Å²) in [4.78, 5) is -0.127. The van der Waals surface area contributed by atoms with Crippen LogP contribution >= 0.6 is 0 Å². The molecule has 2 aromatic carbocycles. The summed E-state index contributed by atoms with van der Waals surface area (Å²) in [5.41, 5.74) is 0.414. The number of hydrogen-bond acceptors (Lipinski definition) is 4. The second-order valence-corrected chi connectivity index (χ2v) is 7.92. The molecule has 0 spiro atoms. The van der Waals surface area contributed by atoms with Crippen LogP contribution in [0.3, 0.4) is 0 Å². The molecule has 7 heteroatoms. The number of para-hydroxylation sites is 1. The van der Waals surface area contributed by atoms with Crippen LogP contribution in [-0.2, 0) is 19.9 Å². The monoisotopic (exact) mass is 311 g/mol. The van der Waals surface area contributed by atoms with Gasteiger partial charge in [-0.3, -0.25) is 4.72 Å². The summed E-state index contributed by atoms with van der Waals surface area (Å²) in [5, 5.41) is 0. The van der Waals surface area contributed by atoms with Gasteiger partial charge in [-0.15, -0.1) is 0 Å². The van der Waals surface area contributed by atoms with Crippen molar-refractivity contribution in [1.29, 1.82) is 0 Å². The predicted octanol–water partition coefficient (Wildman–Crippen LogP) is 1.89. The molecule has 0 saturated carbocycles. The van der Waals surface area contributed by atoms with E-state index in [1.807, 2.05) is 0 Å². The third-order valence-corrected chi connectivity index (χ3v) is 5.06. The average molecular weight is 311 g/mol. The number of sulfonamides is 1. The van der Waals surface area contributed by atoms with Gasteiger partial charge in [0.1, 0.15) is 0 Å². The van der Waals surface area contributed by atoms with Crippen molar-refractivity contribution in [2.75, 3.05) is 11.0 Å². The van der Waals surface area contributed by atoms with Gasteiger partial charge in [-0.1, -0.05) is 24.3 Å². The molecule has 0 unspecified atom stereocenters. The second kappa shape index (κ2) is 5.26. The van der Waals surface area contributed by atoms with Crippen LogP contribution in [0.5, 0.6) is 0 Å². The van der Waals surface area contributed by atoms with E-state index in [0.717, 1.165) is 12.3 Å². The lowest BCUT2D eigenvalue weighted by Gasteiger charge is -2.08. The standard InChI is InChI=1S/C13H13NO4S2/c1-19(15,16)12-8-5-9-13(10-12)20(17,18)14-11-6-3-2-4-7-11/h2-10,14H,1H3. The van der Waals surface area contributed by atoms with Crippen molar-refractivity contribution < 1.29 is 16.8 Å². The van der Waals surface area contributed by atoms with E-state index in [4.69, 9.17) is 0 Å². The summed E-state index contributed by atoms with van der Waals surface area (Å²) in [6.45, 7) is 0. The summed E-state index contributed by atoms with van der Waals surface area (Å²) in [7, 11) is -7.26. The van der Waals surface area contributed by atoms with Crippen LogP contribution < -0.4 is 4.72 Å². The Kier molecular flexibility index (Phi) is 3.82. The van der Waals surface area contributed by atoms with Crippen molar-refractivity contribution in [3.8, 4) is 0 Å². The highest BCUT2D eigenvalue weighted by Crippen LogP contribution is 2.19. The first-order chi connectivity index (χ1) is 9.29. The summed E-state index contributed by atoms with van der Waals surface area (Å²) < 4.78 is 49.7. The third kappa shape index (κ3) is 3.37. The van der Waals surface area contributed by atoms with Crippen molar-refractivity contribution in [2.24, 2.45) is 0 Å². The molecule has 0 fully saturated rings. The highest BCUT2D eigenvalue weighted by molar-refractivity contribution is 7.93. The Morgan fingerprint density at radius 3 is 2.00 bits per heavy atom. The molecule has 0 aliphatic heterocycles. The number of nitrogens with one attached hydrogen (secondary N) is 1. The normalized spacial score (nSPS) is 12.1. The van der Waals surface area contributed by atoms with Crippen LogP contribution in [0.25, 0.3) is 0 Å². The zero-order valence-corrected chi connectivity index (χ0v) is 12.3. The van der Waals surface area contributed by atoms with Crippen molar-refractivity contribution in [3.63, 3.8) is 0 Å². The summed E-state index contributed by atoms with van der Waals surface area (Å²) in [6.07, 6.45) is 1.03. The Bertz CT molecular complexity index is 812. The van der Waals surface area contributed by atoms with E-state index in [9.17, 15) is 16.8 Å². The fourth-order valence-corrected chi connectivity index (χ4v) is 3.44. The molecule has 2 rings (SSSR count). The van der Waals surface area contributed by atoms with Gasteiger partial charge in [-0.05, 0) is 30.3 Å². The van der Waals surface area contributed by atoms with Crippen molar-refractivity contribution in [2.45, 2.75) is 9.79 Å². The van der Waals surface area contributed by atoms with Gasteiger partial charge in [-0.2, -0.15) is 0 Å². The molecular formula is C13H13NO4S2. The molecule has 5 nitrogen and oxygen atoms in total. The number of hydrogen-bond donors (Lipinski definition) is 1. The molecular weight excluding hydrogens is 298 g/mol. The summed E-state index contributed by atoms with van der Waals surface area (Å²) in [6, 6.07) is 13.6. The quantitative estimate of drug-likeness (QED) is 0.935. The Hall–Kier alpha value is -1.86. The Morgan fingerprint density at radius 2 is 1.40 bits per heavy atom. The molecule has 0 saturated heterocycles. The van der Waals surface area contributed by atoms with Gasteiger partial charge in [0.2, 0.25) is 0 Å². The van der Waals surface area contributed by atoms with Crippen molar-refractivity contribution >= 4 is 25.5 Å². The molecule has 0 atom stereocenters. The van der Waals surface area contributed by atoms with E-state index in [1.165, 1.54) is 18.2 Å². The Morgan fingerprint density at radius 1 is 0.800 bits per heavy atom. The minimum atomic E-state index is -3.81. The maximum Gasteiger partial charge on any atom is 0.261 e. The van der Waals surface area contributed by atoms with Crippen LogP contribution in [-0.4, -0.2) is 23.1 Å². The fourth-order valence-electron chi connectivity index (χ4n) is 1.59. The lowest BCUT2D eigenvalue weighted by Crippen LogP contribution is -2.13. The highest BCUT2D eigenvalue weighted by atomic mass is 32.2. The lowest BCUT2D eigenvalue weighted by atomic mass is 10.3. The lowest BCUT2D eigenvalue weighted by molar-refractivity contribution is 0.599. The zero-order chi connectivity index (χ0) is 14.8. The third-order valence-electron chi connectivity index (χ3n) is 2.57. The topological polar surface area (TPSA) is 80.3 Å². The molecule has 20 heavy (non-hydrogen) atoms. The van der Waals surface area contributed by atoms with Crippen LogP contribution in [0.15, 0.2) is 64.4 Å². The van der Waals surface area contributed by atoms with Gasteiger partial charge in [0.25, 0.3) is 10.0 Å². The van der Waals surface area contributed by atoms with Crippen LogP contribution in [0, 0.1) is 0 Å². The molecule has 0 aromatic heterocycles. The van der Waals surface area contributed by atoms with Crippen LogP contribution in [0.1, 0.15) is 0 Å². The number of sulfone groups is 1. The van der Waals surface area contributed by atoms with Gasteiger partial charge in [0.15, 0.2) is 9.84 Å². The minimum absolute atomic E-state index is 0.0339. The molecule has 2 aromatic rings. The second-order valence-electron chi connectivity index (χ2n) is 4.22. The maximum atomic E-state index is 12.2. The summed E-state index contributed by atoms with van der Waals surface area (Å²) >= 11 is 0. The first-order valence-electron chi connectivity index (χ1n) is 5.67. The van der Waals surface area contributed by atoms with E-state index >= 15 is 0 Å². The molecule has 0 aliphatic rings. The first-order valence-corrected chi connectivity index (χ1v) is 9.04. The van der Waals surface area contributed by atoms with E-state index in [0.29, 0.717) is 5.69 Å². The van der Waals surface area contributed by atoms with Crippen LogP contribution in [0.4, 0.5) is 5.69 Å². The Labute approximate surface area is 118 Å². The molecule has 1 N–H and O–H groups in total. The molecule has 0 radical (unpaired) electrons. The van der Waals surface area contributed by atoms with E-state index in [-0.39, 0.29) is 9.79 Å². The SMILES string of the molecule is CS(=O)(=O)c1cccc(S(=O)(=O)Nc2ccccc2)c1. The number of benzene rings is 2. The molecule has 106 valence electrons. The van der Waals surface area contributed by atoms with Gasteiger partial charge < -0.3 is 0 Å². The zero-order valence-electron chi connectivity index (χ0n) is 10.6. The van der Waals surface area contributed by atoms with Gasteiger partial charge in [0, 0.05) is 11.9 Å². The van der Waals surface area contributed by atoms with Gasteiger partial charge in [0.05, 0.1) is 9.79 Å². The van der Waals surface area contributed by atoms with Crippen molar-refractivity contribution in [3.05, 3.63) is 54.6 Å². The largest absolute Gasteiger partial charge is 0.280 e. The molecule has 0 heterocycles. The average Bonchev–Trinajstić information content (AvgIpc) is 2.38. The molecule has 0 bridgehead atoms. The Balaban J connectivity index is 2.40. The number of rotatable bonds is 4. The minimum Gasteiger partial charge on any atom is -0.280 e. The fraction of sp³-hybridized carbons (Fsp3) is 0.0769. The number of anilines is 1.